The van der Waals surface area contributed by atoms with Crippen LogP contribution >= 0.6 is 17.0 Å². The van der Waals surface area contributed by atoms with Crippen molar-refractivity contribution in [3.8, 4) is 28.4 Å². The molecule has 50 heavy (non-hydrogen) atoms. The summed E-state index contributed by atoms with van der Waals surface area (Å²) < 4.78 is 20.7. The maximum absolute atomic E-state index is 7.23. The van der Waals surface area contributed by atoms with Crippen LogP contribution in [0.3, 0.4) is 0 Å². The summed E-state index contributed by atoms with van der Waals surface area (Å²) in [7, 11) is -1.15. The zero-order valence-corrected chi connectivity index (χ0v) is 29.8. The molecule has 5 heteroatoms. The Kier molecular flexibility index (Phi) is 8.95. The average Bonchev–Trinajstić information content (AvgIpc) is 3.16. The van der Waals surface area contributed by atoms with Crippen molar-refractivity contribution in [3.63, 3.8) is 0 Å². The first-order valence-corrected chi connectivity index (χ1v) is 18.9. The molecule has 0 spiro atoms. The van der Waals surface area contributed by atoms with Crippen molar-refractivity contribution >= 4 is 59.9 Å². The van der Waals surface area contributed by atoms with Crippen LogP contribution in [0.5, 0.6) is 17.2 Å². The van der Waals surface area contributed by atoms with Crippen molar-refractivity contribution in [1.29, 1.82) is 0 Å². The molecule has 0 saturated carbocycles. The van der Waals surface area contributed by atoms with Gasteiger partial charge in [-0.1, -0.05) is 152 Å². The Bertz CT molecular complexity index is 2390. The molecular weight excluding hydrogens is 650 g/mol. The molecule has 1 unspecified atom stereocenters. The lowest BCUT2D eigenvalue weighted by Crippen LogP contribution is -2.23. The van der Waals surface area contributed by atoms with Gasteiger partial charge in [-0.3, -0.25) is 0 Å². The minimum absolute atomic E-state index is 0.0171. The fourth-order valence-electron chi connectivity index (χ4n) is 6.38. The summed E-state index contributed by atoms with van der Waals surface area (Å²) in [6.45, 7) is 4.17. The summed E-state index contributed by atoms with van der Waals surface area (Å²) in [6, 6.07) is 61.2. The van der Waals surface area contributed by atoms with Gasteiger partial charge in [0.2, 0.25) is 0 Å². The van der Waals surface area contributed by atoms with Gasteiger partial charge in [-0.25, -0.2) is 0 Å². The molecule has 0 bridgehead atoms. The van der Waals surface area contributed by atoms with E-state index in [1.807, 2.05) is 6.07 Å². The Morgan fingerprint density at radius 2 is 0.940 bits per heavy atom. The second kappa shape index (κ2) is 14.0. The smallest absolute Gasteiger partial charge is 0.155 e. The lowest BCUT2D eigenvalue weighted by atomic mass is 9.92. The average molecular weight is 687 g/mol. The Morgan fingerprint density at radius 1 is 0.460 bits per heavy atom. The summed E-state index contributed by atoms with van der Waals surface area (Å²) in [4.78, 5) is 0. The Hall–Kier alpha value is -5.20. The molecule has 0 aliphatic rings. The van der Waals surface area contributed by atoms with E-state index in [-0.39, 0.29) is 8.81 Å². The largest absolute Gasteiger partial charge is 0.480 e. The molecule has 0 amide bonds. The van der Waals surface area contributed by atoms with Crippen LogP contribution in [0.4, 0.5) is 0 Å². The molecule has 0 fully saturated rings. The molecule has 3 nitrogen and oxygen atoms in total. The van der Waals surface area contributed by atoms with Gasteiger partial charge < -0.3 is 13.8 Å². The van der Waals surface area contributed by atoms with Gasteiger partial charge in [0, 0.05) is 21.7 Å². The zero-order chi connectivity index (χ0) is 33.9. The summed E-state index contributed by atoms with van der Waals surface area (Å²) in [6.07, 6.45) is 0. The van der Waals surface area contributed by atoms with Crippen LogP contribution in [0.1, 0.15) is 13.8 Å². The normalized spacial score (nSPS) is 11.9. The lowest BCUT2D eigenvalue weighted by Gasteiger charge is -2.27. The predicted molar refractivity (Wildman–Crippen MR) is 214 cm³/mol. The van der Waals surface area contributed by atoms with Crippen LogP contribution in [-0.2, 0) is 0 Å². The van der Waals surface area contributed by atoms with E-state index < -0.39 is 13.5 Å². The number of benzene rings is 8. The molecule has 0 saturated heterocycles. The van der Waals surface area contributed by atoms with Crippen molar-refractivity contribution in [2.45, 2.75) is 19.2 Å². The standard InChI is InChI=1S/C45H36O3P2/c1-45(2,46-36-28-25-32-15-9-10-18-35(32)31-36)49-47-41-29-26-33-16-11-13-23-39(33)43(41)44-40-24-14-12-17-34(40)27-30-42(44)48-50(37-19-5-3-6-20-37)38-21-7-4-8-22-38/h3-31,49H,1-2H3. The summed E-state index contributed by atoms with van der Waals surface area (Å²) in [5.74, 6) is 2.43. The Balaban J connectivity index is 1.23. The van der Waals surface area contributed by atoms with Crippen molar-refractivity contribution < 1.29 is 13.8 Å². The fourth-order valence-corrected chi connectivity index (χ4v) is 8.81. The minimum atomic E-state index is -1.17. The highest BCUT2D eigenvalue weighted by atomic mass is 31.1. The highest BCUT2D eigenvalue weighted by Crippen LogP contribution is 2.50. The van der Waals surface area contributed by atoms with Gasteiger partial charge in [0.25, 0.3) is 0 Å². The molecule has 1 atom stereocenters. The van der Waals surface area contributed by atoms with Crippen molar-refractivity contribution in [2.24, 2.45) is 0 Å². The van der Waals surface area contributed by atoms with Crippen LogP contribution in [0.2, 0.25) is 0 Å². The van der Waals surface area contributed by atoms with Gasteiger partial charge >= 0.3 is 0 Å². The third kappa shape index (κ3) is 6.68. The van der Waals surface area contributed by atoms with E-state index in [0.29, 0.717) is 0 Å². The lowest BCUT2D eigenvalue weighted by molar-refractivity contribution is 0.195. The second-order valence-electron chi connectivity index (χ2n) is 12.7. The van der Waals surface area contributed by atoms with Gasteiger partial charge in [0.15, 0.2) is 13.5 Å². The van der Waals surface area contributed by atoms with Crippen molar-refractivity contribution in [3.05, 3.63) is 176 Å². The molecule has 0 N–H and O–H groups in total. The van der Waals surface area contributed by atoms with Gasteiger partial charge in [-0.15, -0.1) is 0 Å². The third-order valence-electron chi connectivity index (χ3n) is 8.70. The Labute approximate surface area is 296 Å². The minimum Gasteiger partial charge on any atom is -0.480 e. The first-order valence-electron chi connectivity index (χ1n) is 16.8. The van der Waals surface area contributed by atoms with Crippen molar-refractivity contribution in [2.75, 3.05) is 0 Å². The fraction of sp³-hybridized carbons (Fsp3) is 0.0667. The number of fused-ring (bicyclic) bond motifs is 3. The van der Waals surface area contributed by atoms with Crippen LogP contribution in [-0.4, -0.2) is 5.34 Å². The van der Waals surface area contributed by atoms with Crippen LogP contribution < -0.4 is 24.4 Å². The van der Waals surface area contributed by atoms with E-state index >= 15 is 0 Å². The number of rotatable bonds is 10. The summed E-state index contributed by atoms with van der Waals surface area (Å²) in [5, 5.41) is 8.54. The topological polar surface area (TPSA) is 27.7 Å². The monoisotopic (exact) mass is 686 g/mol. The molecule has 244 valence electrons. The van der Waals surface area contributed by atoms with Gasteiger partial charge in [0.1, 0.15) is 26.1 Å². The molecule has 0 aliphatic heterocycles. The quantitative estimate of drug-likeness (QED) is 0.134. The SMILES string of the molecule is CC(C)(Oc1ccc2ccccc2c1)POc1ccc2ccccc2c1-c1c(OP(c2ccccc2)c2ccccc2)ccc2ccccc12. The molecular formula is C45H36O3P2. The molecule has 0 aliphatic carbocycles. The van der Waals surface area contributed by atoms with E-state index in [1.165, 1.54) is 5.39 Å². The summed E-state index contributed by atoms with van der Waals surface area (Å²) >= 11 is 0. The molecule has 0 radical (unpaired) electrons. The third-order valence-corrected chi connectivity index (χ3v) is 11.5. The molecule has 0 heterocycles. The zero-order valence-electron chi connectivity index (χ0n) is 27.9. The van der Waals surface area contributed by atoms with Crippen molar-refractivity contribution in [1.82, 2.24) is 0 Å². The van der Waals surface area contributed by atoms with E-state index in [1.54, 1.807) is 0 Å². The molecule has 8 aromatic rings. The van der Waals surface area contributed by atoms with Gasteiger partial charge in [-0.05, 0) is 70.4 Å². The van der Waals surface area contributed by atoms with Gasteiger partial charge in [0.05, 0.1) is 0 Å². The number of hydrogen-bond donors (Lipinski definition) is 0. The van der Waals surface area contributed by atoms with E-state index in [2.05, 4.69) is 184 Å². The molecule has 8 rings (SSSR count). The highest BCUT2D eigenvalue weighted by molar-refractivity contribution is 7.68. The molecule has 0 aromatic heterocycles. The van der Waals surface area contributed by atoms with E-state index in [4.69, 9.17) is 13.8 Å². The van der Waals surface area contributed by atoms with Gasteiger partial charge in [-0.2, -0.15) is 0 Å². The summed E-state index contributed by atoms with van der Waals surface area (Å²) in [5.41, 5.74) is 2.03. The maximum atomic E-state index is 7.23. The van der Waals surface area contributed by atoms with Crippen LogP contribution in [0, 0.1) is 0 Å². The van der Waals surface area contributed by atoms with Crippen LogP contribution in [0.25, 0.3) is 43.4 Å². The first kappa shape index (κ1) is 32.0. The number of ether oxygens (including phenoxy) is 1. The maximum Gasteiger partial charge on any atom is 0.155 e. The Morgan fingerprint density at radius 3 is 1.56 bits per heavy atom. The van der Waals surface area contributed by atoms with E-state index in [9.17, 15) is 0 Å². The first-order chi connectivity index (χ1) is 24.5. The van der Waals surface area contributed by atoms with E-state index in [0.717, 1.165) is 65.9 Å². The van der Waals surface area contributed by atoms with Crippen LogP contribution in [0.15, 0.2) is 176 Å². The molecule has 8 aromatic carbocycles. The highest BCUT2D eigenvalue weighted by Gasteiger charge is 2.26. The predicted octanol–water partition coefficient (Wildman–Crippen LogP) is 12.0. The second-order valence-corrected chi connectivity index (χ2v) is 16.1. The number of hydrogen-bond acceptors (Lipinski definition) is 3.